The topological polar surface area (TPSA) is 118 Å². The van der Waals surface area contributed by atoms with Gasteiger partial charge in [0, 0.05) is 0 Å². The van der Waals surface area contributed by atoms with E-state index in [-0.39, 0.29) is 0 Å². The van der Waals surface area contributed by atoms with Gasteiger partial charge in [-0.2, -0.15) is 8.42 Å². The molecule has 0 bridgehead atoms. The highest BCUT2D eigenvalue weighted by atomic mass is 32.2. The van der Waals surface area contributed by atoms with Gasteiger partial charge >= 0.3 is 11.9 Å². The van der Waals surface area contributed by atoms with Crippen molar-refractivity contribution in [1.82, 2.24) is 0 Å². The van der Waals surface area contributed by atoms with Gasteiger partial charge in [0.2, 0.25) is 4.75 Å². The summed E-state index contributed by atoms with van der Waals surface area (Å²) in [6.45, 7) is 13.6. The molecule has 8 heteroatoms. The molecule has 0 saturated heterocycles. The molecule has 0 spiro atoms. The SMILES string of the molecule is CCCCCCCCCCCCCC(CCCCCCCCCCCC)OC(=O)C(C(CCCCCCCCCCCC)CCCCCCCCCCCCC)(C(C(=O)O)C(CCCCCCCCCCCC)CCCCCCCCCCCCC)S(=O)(=O)O. The first-order valence-corrected chi connectivity index (χ1v) is 42.9. The summed E-state index contributed by atoms with van der Waals surface area (Å²) in [6, 6.07) is 0. The first-order valence-electron chi connectivity index (χ1n) is 41.4. The molecule has 0 aliphatic heterocycles. The lowest BCUT2D eigenvalue weighted by Gasteiger charge is -2.43. The third-order valence-corrected chi connectivity index (χ3v) is 22.6. The Kier molecular flexibility index (Phi) is 66.9. The van der Waals surface area contributed by atoms with Crippen LogP contribution in [-0.2, 0) is 24.4 Å². The lowest BCUT2D eigenvalue weighted by molar-refractivity contribution is -0.165. The van der Waals surface area contributed by atoms with E-state index < -0.39 is 50.7 Å². The van der Waals surface area contributed by atoms with Gasteiger partial charge in [-0.1, -0.05) is 433 Å². The molecule has 0 aliphatic rings. The molecular formula is C82H162O7S. The van der Waals surface area contributed by atoms with E-state index in [4.69, 9.17) is 4.74 Å². The van der Waals surface area contributed by atoms with E-state index in [9.17, 15) is 14.5 Å². The Bertz CT molecular complexity index is 1580. The van der Waals surface area contributed by atoms with Crippen molar-refractivity contribution in [3.63, 3.8) is 0 Å². The van der Waals surface area contributed by atoms with Gasteiger partial charge in [-0.3, -0.25) is 14.1 Å². The van der Waals surface area contributed by atoms with E-state index in [1.807, 2.05) is 0 Å². The number of carbonyl (C=O) groups is 2. The van der Waals surface area contributed by atoms with Crippen molar-refractivity contribution >= 4 is 22.1 Å². The Morgan fingerprint density at radius 3 is 0.656 bits per heavy atom. The zero-order chi connectivity index (χ0) is 66.0. The first-order chi connectivity index (χ1) is 44.0. The number of rotatable bonds is 76. The molecule has 5 unspecified atom stereocenters. The summed E-state index contributed by atoms with van der Waals surface area (Å²) >= 11 is 0. The summed E-state index contributed by atoms with van der Waals surface area (Å²) in [5.41, 5.74) is 0. The van der Waals surface area contributed by atoms with E-state index in [1.165, 1.54) is 263 Å². The van der Waals surface area contributed by atoms with Gasteiger partial charge < -0.3 is 9.84 Å². The van der Waals surface area contributed by atoms with Crippen LogP contribution in [0.3, 0.4) is 0 Å². The molecule has 5 atom stereocenters. The Hall–Kier alpha value is -1.15. The third kappa shape index (κ3) is 50.3. The number of carboxylic acids is 1. The van der Waals surface area contributed by atoms with Crippen molar-refractivity contribution in [3.8, 4) is 0 Å². The van der Waals surface area contributed by atoms with Crippen LogP contribution < -0.4 is 0 Å². The second-order valence-corrected chi connectivity index (χ2v) is 31.1. The van der Waals surface area contributed by atoms with Gasteiger partial charge in [0.25, 0.3) is 10.1 Å². The highest BCUT2D eigenvalue weighted by Gasteiger charge is 2.66. The normalized spacial score (nSPS) is 14.0. The largest absolute Gasteiger partial charge is 0.481 e. The fraction of sp³-hybridized carbons (Fsp3) is 0.976. The zero-order valence-corrected chi connectivity index (χ0v) is 62.8. The molecule has 2 N–H and O–H groups in total. The molecule has 0 aliphatic carbocycles. The second kappa shape index (κ2) is 67.8. The van der Waals surface area contributed by atoms with Crippen LogP contribution >= 0.6 is 0 Å². The molecule has 90 heavy (non-hydrogen) atoms. The molecule has 0 radical (unpaired) electrons. The van der Waals surface area contributed by atoms with E-state index in [0.717, 1.165) is 128 Å². The fourth-order valence-corrected chi connectivity index (χ4v) is 16.6. The maximum atomic E-state index is 16.3. The fourth-order valence-electron chi connectivity index (χ4n) is 15.1. The van der Waals surface area contributed by atoms with Gasteiger partial charge in [0.15, 0.2) is 0 Å². The second-order valence-electron chi connectivity index (χ2n) is 29.5. The van der Waals surface area contributed by atoms with Crippen LogP contribution in [0.5, 0.6) is 0 Å². The van der Waals surface area contributed by atoms with Gasteiger partial charge in [-0.25, -0.2) is 0 Å². The molecule has 0 heterocycles. The lowest BCUT2D eigenvalue weighted by atomic mass is 9.68. The van der Waals surface area contributed by atoms with E-state index in [1.54, 1.807) is 0 Å². The minimum atomic E-state index is -5.34. The van der Waals surface area contributed by atoms with Gasteiger partial charge in [-0.05, 0) is 63.2 Å². The van der Waals surface area contributed by atoms with E-state index in [0.29, 0.717) is 51.4 Å². The summed E-state index contributed by atoms with van der Waals surface area (Å²) in [5.74, 6) is -5.22. The maximum absolute atomic E-state index is 16.3. The molecule has 7 nitrogen and oxygen atoms in total. The Morgan fingerprint density at radius 2 is 0.467 bits per heavy atom. The highest BCUT2D eigenvalue weighted by Crippen LogP contribution is 2.48. The average Bonchev–Trinajstić information content (AvgIpc) is 0.734. The predicted octanol–water partition coefficient (Wildman–Crippen LogP) is 28.5. The summed E-state index contributed by atoms with van der Waals surface area (Å²) < 4.78 is 47.4. The number of carbonyl (C=O) groups excluding carboxylic acids is 1. The average molecular weight is 1290 g/mol. The van der Waals surface area contributed by atoms with E-state index >= 15 is 13.2 Å². The number of esters is 1. The van der Waals surface area contributed by atoms with Crippen molar-refractivity contribution in [1.29, 1.82) is 0 Å². The minimum Gasteiger partial charge on any atom is -0.481 e. The van der Waals surface area contributed by atoms with Crippen LogP contribution in [0.25, 0.3) is 0 Å². The molecule has 0 aromatic carbocycles. The van der Waals surface area contributed by atoms with Crippen LogP contribution in [0, 0.1) is 17.8 Å². The monoisotopic (exact) mass is 1290 g/mol. The summed E-state index contributed by atoms with van der Waals surface area (Å²) in [7, 11) is -5.34. The van der Waals surface area contributed by atoms with Crippen LogP contribution in [0.2, 0.25) is 0 Å². The smallest absolute Gasteiger partial charge is 0.331 e. The molecule has 0 fully saturated rings. The van der Waals surface area contributed by atoms with E-state index in [2.05, 4.69) is 41.5 Å². The summed E-state index contributed by atoms with van der Waals surface area (Å²) in [4.78, 5) is 31.0. The number of hydrogen-bond acceptors (Lipinski definition) is 5. The quantitative estimate of drug-likeness (QED) is 0.0354. The minimum absolute atomic E-state index is 0.401. The van der Waals surface area contributed by atoms with Crippen LogP contribution in [0.1, 0.15) is 485 Å². The predicted molar refractivity (Wildman–Crippen MR) is 395 cm³/mol. The number of carboxylic acid groups (broad SMARTS) is 1. The molecule has 0 aromatic heterocycles. The summed E-state index contributed by atoms with van der Waals surface area (Å²) in [6.07, 6.45) is 76.3. The van der Waals surface area contributed by atoms with Crippen molar-refractivity contribution in [3.05, 3.63) is 0 Å². The van der Waals surface area contributed by atoms with Gasteiger partial charge in [-0.15, -0.1) is 0 Å². The standard InChI is InChI=1S/C82H162O7S/c1-7-13-19-25-31-37-43-47-53-59-65-71-76(70-64-58-52-46-40-34-28-22-16-10-4)79(80(83)84)82(90(86,87)88,77(72-66-60-54-48-41-35-29-23-17-11-5)73-67-61-55-49-44-38-32-26-20-14-8-2)81(85)89-78(74-68-62-56-50-42-36-30-24-18-12-6)75-69-63-57-51-45-39-33-27-21-15-9-3/h76-79H,7-75H2,1-6H3,(H,83,84)(H,86,87,88). The Balaban J connectivity index is 7.51. The van der Waals surface area contributed by atoms with Gasteiger partial charge in [0.1, 0.15) is 6.10 Å². The Morgan fingerprint density at radius 1 is 0.289 bits per heavy atom. The molecular weight excluding hydrogens is 1130 g/mol. The van der Waals surface area contributed by atoms with Crippen LogP contribution in [-0.4, -0.2) is 40.9 Å². The zero-order valence-electron chi connectivity index (χ0n) is 61.9. The molecule has 538 valence electrons. The van der Waals surface area contributed by atoms with Crippen molar-refractivity contribution < 1.29 is 32.4 Å². The van der Waals surface area contributed by atoms with Crippen LogP contribution in [0.4, 0.5) is 0 Å². The maximum Gasteiger partial charge on any atom is 0.331 e. The number of aliphatic carboxylic acids is 1. The van der Waals surface area contributed by atoms with Crippen molar-refractivity contribution in [2.24, 2.45) is 17.8 Å². The van der Waals surface area contributed by atoms with Crippen molar-refractivity contribution in [2.75, 3.05) is 0 Å². The number of ether oxygens (including phenoxy) is 1. The first kappa shape index (κ1) is 88.8. The molecule has 0 saturated carbocycles. The van der Waals surface area contributed by atoms with Crippen LogP contribution in [0.15, 0.2) is 0 Å². The van der Waals surface area contributed by atoms with Crippen molar-refractivity contribution in [2.45, 2.75) is 495 Å². The lowest BCUT2D eigenvalue weighted by Crippen LogP contribution is -2.63. The third-order valence-electron chi connectivity index (χ3n) is 21.0. The number of unbranched alkanes of at least 4 members (excludes halogenated alkanes) is 57. The molecule has 0 aromatic rings. The molecule has 0 amide bonds. The number of hydrogen-bond donors (Lipinski definition) is 2. The summed E-state index contributed by atoms with van der Waals surface area (Å²) in [5, 5.41) is 12.1. The molecule has 0 rings (SSSR count). The highest BCUT2D eigenvalue weighted by molar-refractivity contribution is 7.88. The Labute approximate surface area is 564 Å². The van der Waals surface area contributed by atoms with Gasteiger partial charge in [0.05, 0.1) is 5.92 Å².